The normalized spacial score (nSPS) is 20.6. The first-order valence-electron chi connectivity index (χ1n) is 11.4. The highest BCUT2D eigenvalue weighted by atomic mass is 32.1. The van der Waals surface area contributed by atoms with Gasteiger partial charge in [-0.15, -0.1) is 11.3 Å². The van der Waals surface area contributed by atoms with Gasteiger partial charge in [0.2, 0.25) is 5.91 Å². The van der Waals surface area contributed by atoms with Crippen molar-refractivity contribution in [1.29, 1.82) is 0 Å². The lowest BCUT2D eigenvalue weighted by molar-refractivity contribution is -0.134. The fourth-order valence-electron chi connectivity index (χ4n) is 4.77. The van der Waals surface area contributed by atoms with Crippen LogP contribution in [0, 0.1) is 0 Å². The summed E-state index contributed by atoms with van der Waals surface area (Å²) in [7, 11) is 0. The average molecular weight is 441 g/mol. The van der Waals surface area contributed by atoms with Crippen molar-refractivity contribution in [3.05, 3.63) is 51.7 Å². The molecule has 4 heterocycles. The van der Waals surface area contributed by atoms with Crippen LogP contribution in [0.3, 0.4) is 0 Å². The number of hydrogen-bond acceptors (Lipinski definition) is 6. The second kappa shape index (κ2) is 9.69. The first-order chi connectivity index (χ1) is 15.2. The van der Waals surface area contributed by atoms with Gasteiger partial charge in [0, 0.05) is 76.7 Å². The van der Waals surface area contributed by atoms with E-state index in [9.17, 15) is 4.79 Å². The van der Waals surface area contributed by atoms with Crippen LogP contribution >= 0.6 is 11.3 Å². The SMILES string of the molecule is O=C(CN1CCN(Cc2ccc3c(c2)CCO3)CC1)N1CCN(Cc2cccs2)CC1. The first-order valence-corrected chi connectivity index (χ1v) is 12.3. The summed E-state index contributed by atoms with van der Waals surface area (Å²) in [5.41, 5.74) is 2.71. The molecule has 0 radical (unpaired) electrons. The van der Waals surface area contributed by atoms with Crippen molar-refractivity contribution in [2.24, 2.45) is 0 Å². The molecule has 0 spiro atoms. The second-order valence-corrected chi connectivity index (χ2v) is 9.86. The van der Waals surface area contributed by atoms with Crippen LogP contribution in [0.2, 0.25) is 0 Å². The lowest BCUT2D eigenvalue weighted by Crippen LogP contribution is -2.53. The lowest BCUT2D eigenvalue weighted by atomic mass is 10.1. The van der Waals surface area contributed by atoms with E-state index >= 15 is 0 Å². The minimum absolute atomic E-state index is 0.294. The summed E-state index contributed by atoms with van der Waals surface area (Å²) < 4.78 is 5.62. The fourth-order valence-corrected chi connectivity index (χ4v) is 5.52. The Morgan fingerprint density at radius 2 is 1.65 bits per heavy atom. The van der Waals surface area contributed by atoms with Crippen LogP contribution in [0.1, 0.15) is 16.0 Å². The van der Waals surface area contributed by atoms with E-state index in [2.05, 4.69) is 55.3 Å². The molecule has 1 aromatic heterocycles. The molecule has 6 nitrogen and oxygen atoms in total. The Bertz CT molecular complexity index is 872. The van der Waals surface area contributed by atoms with Gasteiger partial charge in [0.05, 0.1) is 13.2 Å². The Morgan fingerprint density at radius 3 is 2.42 bits per heavy atom. The summed E-state index contributed by atoms with van der Waals surface area (Å²) in [6, 6.07) is 10.9. The quantitative estimate of drug-likeness (QED) is 0.688. The number of amides is 1. The van der Waals surface area contributed by atoms with Crippen LogP contribution in [0.15, 0.2) is 35.7 Å². The number of nitrogens with zero attached hydrogens (tertiary/aromatic N) is 4. The molecule has 3 aliphatic heterocycles. The maximum absolute atomic E-state index is 12.8. The van der Waals surface area contributed by atoms with Crippen LogP contribution in [-0.4, -0.2) is 91.0 Å². The summed E-state index contributed by atoms with van der Waals surface area (Å²) >= 11 is 1.81. The number of benzene rings is 1. The number of ether oxygens (including phenoxy) is 1. The minimum atomic E-state index is 0.294. The molecule has 2 saturated heterocycles. The van der Waals surface area contributed by atoms with Gasteiger partial charge in [-0.2, -0.15) is 0 Å². The Balaban J connectivity index is 1.03. The summed E-state index contributed by atoms with van der Waals surface area (Å²) in [5.74, 6) is 1.35. The molecule has 1 amide bonds. The molecule has 0 saturated carbocycles. The van der Waals surface area contributed by atoms with E-state index in [1.807, 2.05) is 11.3 Å². The summed E-state index contributed by atoms with van der Waals surface area (Å²) in [5, 5.41) is 2.13. The highest BCUT2D eigenvalue weighted by molar-refractivity contribution is 7.09. The zero-order valence-corrected chi connectivity index (χ0v) is 19.0. The Kier molecular flexibility index (Phi) is 6.55. The number of thiophene rings is 1. The van der Waals surface area contributed by atoms with Crippen molar-refractivity contribution < 1.29 is 9.53 Å². The standard InChI is InChI=1S/C24H32N4O2S/c29-24(28-12-10-26(11-13-28)18-22-2-1-15-31-22)19-27-8-6-25(7-9-27)17-20-3-4-23-21(16-20)5-14-30-23/h1-4,15-16H,5-14,17-19H2. The molecule has 5 rings (SSSR count). The van der Waals surface area contributed by atoms with E-state index < -0.39 is 0 Å². The number of rotatable bonds is 6. The van der Waals surface area contributed by atoms with Gasteiger partial charge in [0.25, 0.3) is 0 Å². The number of carbonyl (C=O) groups excluding carboxylic acids is 1. The summed E-state index contributed by atoms with van der Waals surface area (Å²) in [4.78, 5) is 23.6. The monoisotopic (exact) mass is 440 g/mol. The topological polar surface area (TPSA) is 39.3 Å². The van der Waals surface area contributed by atoms with Crippen LogP contribution in [-0.2, 0) is 24.3 Å². The maximum Gasteiger partial charge on any atom is 0.236 e. The average Bonchev–Trinajstić information content (AvgIpc) is 3.47. The molecular weight excluding hydrogens is 408 g/mol. The van der Waals surface area contributed by atoms with Crippen molar-refractivity contribution >= 4 is 17.2 Å². The molecule has 1 aromatic carbocycles. The van der Waals surface area contributed by atoms with Crippen molar-refractivity contribution in [2.45, 2.75) is 19.5 Å². The smallest absolute Gasteiger partial charge is 0.236 e. The predicted molar refractivity (Wildman–Crippen MR) is 124 cm³/mol. The van der Waals surface area contributed by atoms with Crippen molar-refractivity contribution in [3.63, 3.8) is 0 Å². The van der Waals surface area contributed by atoms with Crippen LogP contribution in [0.4, 0.5) is 0 Å². The third-order valence-corrected chi connectivity index (χ3v) is 7.53. The number of carbonyl (C=O) groups is 1. The van der Waals surface area contributed by atoms with Gasteiger partial charge in [-0.1, -0.05) is 18.2 Å². The van der Waals surface area contributed by atoms with Crippen molar-refractivity contribution in [1.82, 2.24) is 19.6 Å². The van der Waals surface area contributed by atoms with E-state index in [-0.39, 0.29) is 0 Å². The van der Waals surface area contributed by atoms with Gasteiger partial charge >= 0.3 is 0 Å². The molecule has 3 aliphatic rings. The second-order valence-electron chi connectivity index (χ2n) is 8.83. The number of fused-ring (bicyclic) bond motifs is 1. The number of hydrogen-bond donors (Lipinski definition) is 0. The summed E-state index contributed by atoms with van der Waals surface area (Å²) in [6.07, 6.45) is 1.03. The molecule has 0 aliphatic carbocycles. The van der Waals surface area contributed by atoms with E-state index in [1.54, 1.807) is 0 Å². The van der Waals surface area contributed by atoms with Gasteiger partial charge in [-0.25, -0.2) is 0 Å². The van der Waals surface area contributed by atoms with Gasteiger partial charge in [0.1, 0.15) is 5.75 Å². The molecular formula is C24H32N4O2S. The van der Waals surface area contributed by atoms with E-state index in [4.69, 9.17) is 4.74 Å². The van der Waals surface area contributed by atoms with Crippen LogP contribution in [0.25, 0.3) is 0 Å². The predicted octanol–water partition coefficient (Wildman–Crippen LogP) is 2.15. The minimum Gasteiger partial charge on any atom is -0.493 e. The van der Waals surface area contributed by atoms with Gasteiger partial charge in [0.15, 0.2) is 0 Å². The highest BCUT2D eigenvalue weighted by Gasteiger charge is 2.25. The summed E-state index contributed by atoms with van der Waals surface area (Å²) in [6.45, 7) is 11.0. The molecule has 0 bridgehead atoms. The Labute approximate surface area is 189 Å². The zero-order valence-electron chi connectivity index (χ0n) is 18.2. The van der Waals surface area contributed by atoms with Crippen molar-refractivity contribution in [2.75, 3.05) is 65.5 Å². The molecule has 0 N–H and O–H groups in total. The largest absolute Gasteiger partial charge is 0.493 e. The first kappa shape index (κ1) is 20.9. The van der Waals surface area contributed by atoms with Crippen molar-refractivity contribution in [3.8, 4) is 5.75 Å². The van der Waals surface area contributed by atoms with Crippen LogP contribution in [0.5, 0.6) is 5.75 Å². The fraction of sp³-hybridized carbons (Fsp3) is 0.542. The Morgan fingerprint density at radius 1 is 0.903 bits per heavy atom. The van der Waals surface area contributed by atoms with E-state index in [0.29, 0.717) is 12.5 Å². The Hall–Kier alpha value is -1.93. The lowest BCUT2D eigenvalue weighted by Gasteiger charge is -2.38. The molecule has 2 fully saturated rings. The zero-order chi connectivity index (χ0) is 21.0. The van der Waals surface area contributed by atoms with Crippen LogP contribution < -0.4 is 4.74 Å². The van der Waals surface area contributed by atoms with E-state index in [0.717, 1.165) is 84.2 Å². The van der Waals surface area contributed by atoms with E-state index in [1.165, 1.54) is 16.0 Å². The highest BCUT2D eigenvalue weighted by Crippen LogP contribution is 2.26. The van der Waals surface area contributed by atoms with Gasteiger partial charge in [-0.05, 0) is 28.6 Å². The molecule has 2 aromatic rings. The number of piperazine rings is 2. The maximum atomic E-state index is 12.8. The van der Waals surface area contributed by atoms with Gasteiger partial charge in [-0.3, -0.25) is 19.5 Å². The molecule has 0 atom stereocenters. The molecule has 31 heavy (non-hydrogen) atoms. The third kappa shape index (κ3) is 5.29. The third-order valence-electron chi connectivity index (χ3n) is 6.67. The molecule has 166 valence electrons. The van der Waals surface area contributed by atoms with Gasteiger partial charge < -0.3 is 9.64 Å². The molecule has 0 unspecified atom stereocenters. The molecule has 7 heteroatoms.